The van der Waals surface area contributed by atoms with Gasteiger partial charge in [-0.25, -0.2) is 0 Å². The number of ether oxygens (including phenoxy) is 2. The number of hydrogen-bond donors (Lipinski definition) is 2. The molecule has 0 bridgehead atoms. The van der Waals surface area contributed by atoms with Crippen molar-refractivity contribution in [3.63, 3.8) is 0 Å². The standard InChI is InChI=1S/C13H26N2O3/c1-3-12-10-11(5-8-18-12)14-6-4-13(16)15-7-9-17-2/h11-12,14H,3-10H2,1-2H3,(H,15,16). The monoisotopic (exact) mass is 258 g/mol. The zero-order valence-electron chi connectivity index (χ0n) is 11.5. The highest BCUT2D eigenvalue weighted by Gasteiger charge is 2.20. The van der Waals surface area contributed by atoms with Crippen molar-refractivity contribution in [3.8, 4) is 0 Å². The van der Waals surface area contributed by atoms with Crippen molar-refractivity contribution in [1.29, 1.82) is 0 Å². The smallest absolute Gasteiger partial charge is 0.221 e. The number of methoxy groups -OCH3 is 1. The highest BCUT2D eigenvalue weighted by molar-refractivity contribution is 5.76. The normalized spacial score (nSPS) is 23.9. The van der Waals surface area contributed by atoms with Crippen LogP contribution in [0.5, 0.6) is 0 Å². The average Bonchev–Trinajstić information content (AvgIpc) is 2.39. The van der Waals surface area contributed by atoms with Crippen LogP contribution in [0.3, 0.4) is 0 Å². The summed E-state index contributed by atoms with van der Waals surface area (Å²) in [5.74, 6) is 0.0821. The molecule has 0 aromatic heterocycles. The minimum absolute atomic E-state index is 0.0821. The van der Waals surface area contributed by atoms with Crippen LogP contribution in [-0.4, -0.2) is 51.5 Å². The minimum Gasteiger partial charge on any atom is -0.383 e. The maximum Gasteiger partial charge on any atom is 0.221 e. The molecular formula is C13H26N2O3. The second-order valence-electron chi connectivity index (χ2n) is 4.67. The van der Waals surface area contributed by atoms with Crippen LogP contribution in [0.2, 0.25) is 0 Å². The van der Waals surface area contributed by atoms with E-state index in [2.05, 4.69) is 17.6 Å². The van der Waals surface area contributed by atoms with Crippen molar-refractivity contribution in [2.24, 2.45) is 0 Å². The number of amides is 1. The molecule has 106 valence electrons. The molecule has 2 unspecified atom stereocenters. The molecule has 1 heterocycles. The van der Waals surface area contributed by atoms with Gasteiger partial charge in [0, 0.05) is 39.3 Å². The second kappa shape index (κ2) is 9.30. The van der Waals surface area contributed by atoms with Crippen LogP contribution in [0.25, 0.3) is 0 Å². The zero-order valence-corrected chi connectivity index (χ0v) is 11.5. The minimum atomic E-state index is 0.0821. The van der Waals surface area contributed by atoms with Crippen LogP contribution in [0.1, 0.15) is 32.6 Å². The number of hydrogen-bond acceptors (Lipinski definition) is 4. The highest BCUT2D eigenvalue weighted by Crippen LogP contribution is 2.15. The second-order valence-corrected chi connectivity index (χ2v) is 4.67. The molecule has 2 atom stereocenters. The molecule has 0 aliphatic carbocycles. The first-order valence-corrected chi connectivity index (χ1v) is 6.86. The summed E-state index contributed by atoms with van der Waals surface area (Å²) in [7, 11) is 1.63. The van der Waals surface area contributed by atoms with E-state index in [-0.39, 0.29) is 5.91 Å². The molecule has 1 rings (SSSR count). The fourth-order valence-corrected chi connectivity index (χ4v) is 2.12. The molecule has 1 fully saturated rings. The fourth-order valence-electron chi connectivity index (χ4n) is 2.12. The number of carbonyl (C=O) groups excluding carboxylic acids is 1. The number of nitrogens with one attached hydrogen (secondary N) is 2. The first-order valence-electron chi connectivity index (χ1n) is 6.86. The first-order chi connectivity index (χ1) is 8.76. The van der Waals surface area contributed by atoms with Crippen molar-refractivity contribution in [2.75, 3.05) is 33.4 Å². The van der Waals surface area contributed by atoms with Gasteiger partial charge >= 0.3 is 0 Å². The Morgan fingerprint density at radius 1 is 1.44 bits per heavy atom. The summed E-state index contributed by atoms with van der Waals surface area (Å²) in [6.45, 7) is 4.87. The lowest BCUT2D eigenvalue weighted by atomic mass is 10.0. The van der Waals surface area contributed by atoms with E-state index in [9.17, 15) is 4.79 Å². The van der Waals surface area contributed by atoms with Crippen molar-refractivity contribution in [1.82, 2.24) is 10.6 Å². The summed E-state index contributed by atoms with van der Waals surface area (Å²) in [4.78, 5) is 11.4. The summed E-state index contributed by atoms with van der Waals surface area (Å²) >= 11 is 0. The molecule has 2 N–H and O–H groups in total. The van der Waals surface area contributed by atoms with Gasteiger partial charge in [0.2, 0.25) is 5.91 Å². The molecular weight excluding hydrogens is 232 g/mol. The Bertz CT molecular complexity index is 236. The van der Waals surface area contributed by atoms with Crippen LogP contribution in [-0.2, 0) is 14.3 Å². The van der Waals surface area contributed by atoms with E-state index < -0.39 is 0 Å². The summed E-state index contributed by atoms with van der Waals surface area (Å²) in [6.07, 6.45) is 4.07. The van der Waals surface area contributed by atoms with Gasteiger partial charge in [-0.2, -0.15) is 0 Å². The van der Waals surface area contributed by atoms with Gasteiger partial charge in [0.05, 0.1) is 12.7 Å². The van der Waals surface area contributed by atoms with E-state index in [1.54, 1.807) is 7.11 Å². The average molecular weight is 258 g/mol. The Labute approximate surface area is 110 Å². The Kier molecular flexibility index (Phi) is 7.96. The molecule has 0 aromatic carbocycles. The molecule has 1 amide bonds. The van der Waals surface area contributed by atoms with Gasteiger partial charge in [0.15, 0.2) is 0 Å². The van der Waals surface area contributed by atoms with Crippen LogP contribution >= 0.6 is 0 Å². The topological polar surface area (TPSA) is 59.6 Å². The summed E-state index contributed by atoms with van der Waals surface area (Å²) in [5.41, 5.74) is 0. The van der Waals surface area contributed by atoms with Crippen molar-refractivity contribution in [2.45, 2.75) is 44.8 Å². The highest BCUT2D eigenvalue weighted by atomic mass is 16.5. The molecule has 0 aromatic rings. The van der Waals surface area contributed by atoms with E-state index in [0.717, 1.165) is 32.4 Å². The molecule has 1 aliphatic rings. The molecule has 18 heavy (non-hydrogen) atoms. The van der Waals surface area contributed by atoms with Gasteiger partial charge in [-0.05, 0) is 19.3 Å². The molecule has 0 radical (unpaired) electrons. The van der Waals surface area contributed by atoms with E-state index in [0.29, 0.717) is 31.7 Å². The lowest BCUT2D eigenvalue weighted by Crippen LogP contribution is -2.40. The number of carbonyl (C=O) groups is 1. The van der Waals surface area contributed by atoms with Crippen LogP contribution < -0.4 is 10.6 Å². The largest absolute Gasteiger partial charge is 0.383 e. The van der Waals surface area contributed by atoms with E-state index in [4.69, 9.17) is 9.47 Å². The quantitative estimate of drug-likeness (QED) is 0.629. The lowest BCUT2D eigenvalue weighted by Gasteiger charge is -2.29. The van der Waals surface area contributed by atoms with E-state index >= 15 is 0 Å². The summed E-state index contributed by atoms with van der Waals surface area (Å²) in [5, 5.41) is 6.25. The Balaban J connectivity index is 2.04. The van der Waals surface area contributed by atoms with Crippen molar-refractivity contribution < 1.29 is 14.3 Å². The molecule has 0 saturated carbocycles. The molecule has 5 nitrogen and oxygen atoms in total. The third-order valence-corrected chi connectivity index (χ3v) is 3.24. The Morgan fingerprint density at radius 2 is 2.28 bits per heavy atom. The van der Waals surface area contributed by atoms with Gasteiger partial charge in [-0.15, -0.1) is 0 Å². The predicted octanol–water partition coefficient (Wildman–Crippen LogP) is 0.686. The predicted molar refractivity (Wildman–Crippen MR) is 70.6 cm³/mol. The fraction of sp³-hybridized carbons (Fsp3) is 0.923. The summed E-state index contributed by atoms with van der Waals surface area (Å²) < 4.78 is 10.5. The molecule has 1 saturated heterocycles. The van der Waals surface area contributed by atoms with Crippen LogP contribution in [0.15, 0.2) is 0 Å². The molecule has 1 aliphatic heterocycles. The van der Waals surface area contributed by atoms with Crippen LogP contribution in [0, 0.1) is 0 Å². The Hall–Kier alpha value is -0.650. The zero-order chi connectivity index (χ0) is 13.2. The lowest BCUT2D eigenvalue weighted by molar-refractivity contribution is -0.121. The third kappa shape index (κ3) is 6.33. The van der Waals surface area contributed by atoms with Gasteiger partial charge < -0.3 is 20.1 Å². The van der Waals surface area contributed by atoms with E-state index in [1.807, 2.05) is 0 Å². The molecule has 0 spiro atoms. The van der Waals surface area contributed by atoms with Crippen molar-refractivity contribution >= 4 is 5.91 Å². The van der Waals surface area contributed by atoms with Gasteiger partial charge in [-0.1, -0.05) is 6.92 Å². The van der Waals surface area contributed by atoms with Crippen molar-refractivity contribution in [3.05, 3.63) is 0 Å². The number of rotatable bonds is 8. The SMILES string of the molecule is CCC1CC(NCCC(=O)NCCOC)CCO1. The van der Waals surface area contributed by atoms with Gasteiger partial charge in [0.1, 0.15) is 0 Å². The maximum atomic E-state index is 11.4. The van der Waals surface area contributed by atoms with Gasteiger partial charge in [0.25, 0.3) is 0 Å². The maximum absolute atomic E-state index is 11.4. The van der Waals surface area contributed by atoms with Crippen LogP contribution in [0.4, 0.5) is 0 Å². The third-order valence-electron chi connectivity index (χ3n) is 3.24. The summed E-state index contributed by atoms with van der Waals surface area (Å²) in [6, 6.07) is 0.496. The Morgan fingerprint density at radius 3 is 3.00 bits per heavy atom. The van der Waals surface area contributed by atoms with E-state index in [1.165, 1.54) is 0 Å². The van der Waals surface area contributed by atoms with Gasteiger partial charge in [-0.3, -0.25) is 4.79 Å². The molecule has 5 heteroatoms. The first kappa shape index (κ1) is 15.4.